The van der Waals surface area contributed by atoms with Crippen LogP contribution < -0.4 is 26.3 Å². The van der Waals surface area contributed by atoms with Crippen LogP contribution in [0.4, 0.5) is 5.69 Å². The maximum Gasteiger partial charge on any atom is 0.270 e. The second-order valence-corrected chi connectivity index (χ2v) is 10.1. The van der Waals surface area contributed by atoms with E-state index in [0.717, 1.165) is 43.6 Å². The summed E-state index contributed by atoms with van der Waals surface area (Å²) >= 11 is 0.766. The van der Waals surface area contributed by atoms with Gasteiger partial charge in [-0.05, 0) is 53.7 Å². The third kappa shape index (κ3) is 6.28. The number of anilines is 1. The van der Waals surface area contributed by atoms with E-state index in [0.29, 0.717) is 22.6 Å². The number of rotatable bonds is 10. The molecule has 3 aromatic rings. The minimum atomic E-state index is -1.07. The molecule has 0 saturated heterocycles. The summed E-state index contributed by atoms with van der Waals surface area (Å²) in [6, 6.07) is 7.57. The smallest absolute Gasteiger partial charge is 0.270 e. The van der Waals surface area contributed by atoms with Gasteiger partial charge in [0, 0.05) is 25.0 Å². The van der Waals surface area contributed by atoms with Crippen LogP contribution in [-0.2, 0) is 11.3 Å². The molecule has 2 aromatic heterocycles. The number of carbonyl (C=O) groups is 3. The number of hydrogen-bond acceptors (Lipinski definition) is 9. The van der Waals surface area contributed by atoms with Crippen LogP contribution in [0.25, 0.3) is 0 Å². The van der Waals surface area contributed by atoms with Crippen LogP contribution in [0.5, 0.6) is 11.5 Å². The van der Waals surface area contributed by atoms with E-state index >= 15 is 0 Å². The topological polar surface area (TPSA) is 163 Å². The summed E-state index contributed by atoms with van der Waals surface area (Å²) < 4.78 is 14.9. The number of nitrogens with zero attached hydrogens (tertiary/aromatic N) is 3. The zero-order valence-corrected chi connectivity index (χ0v) is 22.7. The Morgan fingerprint density at radius 3 is 2.49 bits per heavy atom. The molecule has 1 aromatic carbocycles. The Kier molecular flexibility index (Phi) is 8.97. The average Bonchev–Trinajstić information content (AvgIpc) is 3.34. The molecule has 12 heteroatoms. The number of aromatic nitrogens is 2. The van der Waals surface area contributed by atoms with Crippen LogP contribution in [0.3, 0.4) is 0 Å². The van der Waals surface area contributed by atoms with Gasteiger partial charge in [0.15, 0.2) is 17.2 Å². The fraction of sp³-hybridized carbons (Fsp3) is 0.370. The summed E-state index contributed by atoms with van der Waals surface area (Å²) in [5, 5.41) is 3.16. The molecule has 1 aliphatic carbocycles. The molecule has 2 heterocycles. The minimum Gasteiger partial charge on any atom is -0.493 e. The van der Waals surface area contributed by atoms with Crippen molar-refractivity contribution >= 4 is 34.9 Å². The number of amides is 3. The highest BCUT2D eigenvalue weighted by Gasteiger charge is 2.36. The molecule has 1 aliphatic rings. The Labute approximate surface area is 230 Å². The van der Waals surface area contributed by atoms with Crippen molar-refractivity contribution < 1.29 is 23.9 Å². The number of primary amides is 1. The lowest BCUT2D eigenvalue weighted by Gasteiger charge is -2.33. The van der Waals surface area contributed by atoms with E-state index in [9.17, 15) is 14.4 Å². The van der Waals surface area contributed by atoms with E-state index in [4.69, 9.17) is 20.9 Å². The Balaban J connectivity index is 1.82. The van der Waals surface area contributed by atoms with E-state index in [-0.39, 0.29) is 34.8 Å². The SMILES string of the molecule is COc1ccc([C@H](C(=O)NC2CCCCC2)N(Cc2cccnc2)C(=O)c2snc(C(N)=O)c2N)cc1OC. The first kappa shape index (κ1) is 27.8. The van der Waals surface area contributed by atoms with Crippen LogP contribution in [0.15, 0.2) is 42.7 Å². The first-order valence-corrected chi connectivity index (χ1v) is 13.4. The number of carbonyl (C=O) groups excluding carboxylic acids is 3. The maximum absolute atomic E-state index is 14.1. The van der Waals surface area contributed by atoms with E-state index < -0.39 is 17.9 Å². The Hall–Kier alpha value is -4.19. The Morgan fingerprint density at radius 1 is 1.13 bits per heavy atom. The van der Waals surface area contributed by atoms with Crippen molar-refractivity contribution in [2.75, 3.05) is 20.0 Å². The molecule has 0 spiro atoms. The molecule has 206 valence electrons. The number of benzene rings is 1. The third-order valence-electron chi connectivity index (χ3n) is 6.73. The predicted octanol–water partition coefficient (Wildman–Crippen LogP) is 3.07. The number of hydrogen-bond donors (Lipinski definition) is 3. The second kappa shape index (κ2) is 12.6. The highest BCUT2D eigenvalue weighted by atomic mass is 32.1. The van der Waals surface area contributed by atoms with Crippen LogP contribution in [-0.4, -0.2) is 52.2 Å². The molecule has 0 radical (unpaired) electrons. The number of nitrogen functional groups attached to an aromatic ring is 1. The van der Waals surface area contributed by atoms with Crippen LogP contribution in [0, 0.1) is 0 Å². The van der Waals surface area contributed by atoms with Gasteiger partial charge in [-0.25, -0.2) is 0 Å². The number of ether oxygens (including phenoxy) is 2. The molecule has 4 rings (SSSR count). The van der Waals surface area contributed by atoms with Crippen molar-refractivity contribution in [3.63, 3.8) is 0 Å². The van der Waals surface area contributed by atoms with Crippen molar-refractivity contribution in [3.05, 3.63) is 64.4 Å². The number of methoxy groups -OCH3 is 2. The first-order chi connectivity index (χ1) is 18.8. The van der Waals surface area contributed by atoms with Gasteiger partial charge in [-0.3, -0.25) is 19.4 Å². The second-order valence-electron chi connectivity index (χ2n) is 9.29. The minimum absolute atomic E-state index is 0.000763. The lowest BCUT2D eigenvalue weighted by Crippen LogP contribution is -2.46. The normalized spacial score (nSPS) is 14.3. The van der Waals surface area contributed by atoms with Crippen LogP contribution in [0.2, 0.25) is 0 Å². The van der Waals surface area contributed by atoms with E-state index in [1.54, 1.807) is 36.7 Å². The molecule has 39 heavy (non-hydrogen) atoms. The summed E-state index contributed by atoms with van der Waals surface area (Å²) in [5.41, 5.74) is 12.4. The van der Waals surface area contributed by atoms with E-state index in [1.807, 2.05) is 6.07 Å². The Bertz CT molecular complexity index is 1330. The highest BCUT2D eigenvalue weighted by Crippen LogP contribution is 2.35. The molecule has 11 nitrogen and oxygen atoms in total. The van der Waals surface area contributed by atoms with Gasteiger partial charge in [0.05, 0.1) is 19.9 Å². The average molecular weight is 553 g/mol. The molecule has 0 bridgehead atoms. The van der Waals surface area contributed by atoms with Gasteiger partial charge >= 0.3 is 0 Å². The van der Waals surface area contributed by atoms with Crippen molar-refractivity contribution in [2.45, 2.75) is 50.7 Å². The van der Waals surface area contributed by atoms with Crippen molar-refractivity contribution in [3.8, 4) is 11.5 Å². The molecule has 3 amide bonds. The zero-order valence-electron chi connectivity index (χ0n) is 21.9. The summed E-state index contributed by atoms with van der Waals surface area (Å²) in [6.07, 6.45) is 8.15. The lowest BCUT2D eigenvalue weighted by molar-refractivity contribution is -0.127. The highest BCUT2D eigenvalue weighted by molar-refractivity contribution is 7.09. The third-order valence-corrected chi connectivity index (χ3v) is 7.58. The van der Waals surface area contributed by atoms with Gasteiger partial charge in [-0.15, -0.1) is 0 Å². The molecule has 1 atom stereocenters. The molecule has 5 N–H and O–H groups in total. The van der Waals surface area contributed by atoms with Crippen LogP contribution in [0.1, 0.15) is 69.4 Å². The maximum atomic E-state index is 14.1. The van der Waals surface area contributed by atoms with E-state index in [2.05, 4.69) is 14.7 Å². The van der Waals surface area contributed by atoms with Gasteiger partial charge in [0.25, 0.3) is 11.8 Å². The fourth-order valence-electron chi connectivity index (χ4n) is 4.75. The number of pyridine rings is 1. The van der Waals surface area contributed by atoms with Crippen molar-refractivity contribution in [1.29, 1.82) is 0 Å². The first-order valence-electron chi connectivity index (χ1n) is 12.6. The summed E-state index contributed by atoms with van der Waals surface area (Å²) in [7, 11) is 3.02. The molecular weight excluding hydrogens is 520 g/mol. The summed E-state index contributed by atoms with van der Waals surface area (Å²) in [5.74, 6) is -0.860. The predicted molar refractivity (Wildman–Crippen MR) is 146 cm³/mol. The summed E-state index contributed by atoms with van der Waals surface area (Å²) in [4.78, 5) is 45.5. The monoisotopic (exact) mass is 552 g/mol. The molecule has 1 saturated carbocycles. The van der Waals surface area contributed by atoms with Gasteiger partial charge in [0.2, 0.25) is 5.91 Å². The van der Waals surface area contributed by atoms with Crippen LogP contribution >= 0.6 is 11.5 Å². The number of nitrogens with two attached hydrogens (primary N) is 2. The molecule has 0 aliphatic heterocycles. The van der Waals surface area contributed by atoms with E-state index in [1.165, 1.54) is 19.1 Å². The molecule has 1 fully saturated rings. The number of nitrogens with one attached hydrogen (secondary N) is 1. The lowest BCUT2D eigenvalue weighted by atomic mass is 9.94. The fourth-order valence-corrected chi connectivity index (χ4v) is 5.51. The largest absolute Gasteiger partial charge is 0.493 e. The standard InChI is InChI=1S/C27H32N6O5S/c1-37-19-11-10-17(13-20(19)38-2)23(26(35)31-18-8-4-3-5-9-18)33(15-16-7-6-12-30-14-16)27(36)24-21(28)22(25(29)34)32-39-24/h6-7,10-14,18,23H,3-5,8-9,15,28H2,1-2H3,(H2,29,34)(H,31,35)/t23-/m1/s1. The van der Waals surface area contributed by atoms with Gasteiger partial charge in [-0.1, -0.05) is 31.4 Å². The van der Waals surface area contributed by atoms with Gasteiger partial charge in [-0.2, -0.15) is 4.37 Å². The summed E-state index contributed by atoms with van der Waals surface area (Å²) in [6.45, 7) is 0.0347. The zero-order chi connectivity index (χ0) is 27.9. The quantitative estimate of drug-likeness (QED) is 0.345. The molecule has 0 unspecified atom stereocenters. The van der Waals surface area contributed by atoms with Crippen molar-refractivity contribution in [2.24, 2.45) is 5.73 Å². The van der Waals surface area contributed by atoms with Gasteiger partial charge < -0.3 is 31.2 Å². The Morgan fingerprint density at radius 2 is 1.87 bits per heavy atom. The van der Waals surface area contributed by atoms with Gasteiger partial charge in [0.1, 0.15) is 10.9 Å². The molecular formula is C27H32N6O5S. The van der Waals surface area contributed by atoms with Crippen molar-refractivity contribution in [1.82, 2.24) is 19.6 Å².